The van der Waals surface area contributed by atoms with E-state index >= 15 is 0 Å². The van der Waals surface area contributed by atoms with Crippen molar-refractivity contribution in [3.63, 3.8) is 0 Å². The van der Waals surface area contributed by atoms with Crippen LogP contribution in [-0.2, 0) is 16.1 Å². The summed E-state index contributed by atoms with van der Waals surface area (Å²) in [7, 11) is 0. The Balaban J connectivity index is 1.94. The third-order valence-electron chi connectivity index (χ3n) is 4.44. The maximum Gasteiger partial charge on any atom is 0.408 e. The standard InChI is InChI=1S/C24H32N2O4/c1-24(2,3)30-23(29)26-21(11-7-8-16-27)22(28)25-17-18-12-14-20(15-13-18)19-9-5-4-6-10-19/h4-6,9-10,12-15,21,27H,7-8,11,16-17H2,1-3H3,(H,25,28)(H,26,29). The number of rotatable bonds is 9. The van der Waals surface area contributed by atoms with Gasteiger partial charge >= 0.3 is 6.09 Å². The predicted molar refractivity (Wildman–Crippen MR) is 118 cm³/mol. The Kier molecular flexibility index (Phi) is 8.87. The molecule has 0 spiro atoms. The Morgan fingerprint density at radius 3 is 2.20 bits per heavy atom. The smallest absolute Gasteiger partial charge is 0.408 e. The Bertz CT molecular complexity index is 798. The first-order chi connectivity index (χ1) is 14.3. The monoisotopic (exact) mass is 412 g/mol. The maximum absolute atomic E-state index is 12.7. The normalized spacial score (nSPS) is 12.1. The number of carbonyl (C=O) groups is 2. The molecule has 0 bridgehead atoms. The van der Waals surface area contributed by atoms with Crippen LogP contribution >= 0.6 is 0 Å². The first-order valence-corrected chi connectivity index (χ1v) is 10.3. The van der Waals surface area contributed by atoms with Gasteiger partial charge in [-0.1, -0.05) is 54.6 Å². The quantitative estimate of drug-likeness (QED) is 0.543. The van der Waals surface area contributed by atoms with Gasteiger partial charge in [0.25, 0.3) is 0 Å². The number of hydrogen-bond donors (Lipinski definition) is 3. The highest BCUT2D eigenvalue weighted by atomic mass is 16.6. The lowest BCUT2D eigenvalue weighted by molar-refractivity contribution is -0.123. The minimum atomic E-state index is -0.713. The van der Waals surface area contributed by atoms with Gasteiger partial charge in [-0.2, -0.15) is 0 Å². The van der Waals surface area contributed by atoms with Gasteiger partial charge in [0.15, 0.2) is 0 Å². The van der Waals surface area contributed by atoms with Crippen LogP contribution in [0.2, 0.25) is 0 Å². The molecule has 162 valence electrons. The highest BCUT2D eigenvalue weighted by Crippen LogP contribution is 2.19. The van der Waals surface area contributed by atoms with Crippen molar-refractivity contribution in [1.29, 1.82) is 0 Å². The molecule has 30 heavy (non-hydrogen) atoms. The van der Waals surface area contributed by atoms with Gasteiger partial charge in [0.1, 0.15) is 11.6 Å². The molecule has 1 unspecified atom stereocenters. The Morgan fingerprint density at radius 1 is 0.967 bits per heavy atom. The number of benzene rings is 2. The molecule has 3 N–H and O–H groups in total. The molecule has 2 aromatic carbocycles. The molecule has 2 aromatic rings. The molecule has 6 heteroatoms. The van der Waals surface area contributed by atoms with Gasteiger partial charge in [-0.3, -0.25) is 4.79 Å². The van der Waals surface area contributed by atoms with E-state index in [1.165, 1.54) is 0 Å². The second-order valence-corrected chi connectivity index (χ2v) is 8.20. The molecule has 2 amide bonds. The fourth-order valence-corrected chi connectivity index (χ4v) is 2.94. The minimum absolute atomic E-state index is 0.0501. The highest BCUT2D eigenvalue weighted by Gasteiger charge is 2.23. The third-order valence-corrected chi connectivity index (χ3v) is 4.44. The molecule has 1 atom stereocenters. The number of nitrogens with one attached hydrogen (secondary N) is 2. The molecule has 6 nitrogen and oxygen atoms in total. The number of amides is 2. The first kappa shape index (κ1) is 23.4. The fraction of sp³-hybridized carbons (Fsp3) is 0.417. The average molecular weight is 413 g/mol. The molecule has 0 aliphatic heterocycles. The number of aliphatic hydroxyl groups is 1. The first-order valence-electron chi connectivity index (χ1n) is 10.3. The van der Waals surface area contributed by atoms with Crippen molar-refractivity contribution in [1.82, 2.24) is 10.6 Å². The minimum Gasteiger partial charge on any atom is -0.444 e. The molecular weight excluding hydrogens is 380 g/mol. The summed E-state index contributed by atoms with van der Waals surface area (Å²) in [5.41, 5.74) is 2.57. The number of hydrogen-bond acceptors (Lipinski definition) is 4. The van der Waals surface area contributed by atoms with E-state index in [1.807, 2.05) is 42.5 Å². The van der Waals surface area contributed by atoms with Crippen molar-refractivity contribution in [2.45, 2.75) is 58.2 Å². The van der Waals surface area contributed by atoms with Gasteiger partial charge in [-0.05, 0) is 56.7 Å². The van der Waals surface area contributed by atoms with Crippen LogP contribution in [-0.4, -0.2) is 35.4 Å². The maximum atomic E-state index is 12.7. The average Bonchev–Trinajstić information content (AvgIpc) is 2.71. The van der Waals surface area contributed by atoms with E-state index in [1.54, 1.807) is 20.8 Å². The van der Waals surface area contributed by atoms with Crippen molar-refractivity contribution in [3.05, 3.63) is 60.2 Å². The van der Waals surface area contributed by atoms with Crippen molar-refractivity contribution < 1.29 is 19.4 Å². The molecule has 0 heterocycles. The van der Waals surface area contributed by atoms with E-state index in [4.69, 9.17) is 9.84 Å². The van der Waals surface area contributed by atoms with E-state index in [9.17, 15) is 9.59 Å². The molecule has 2 rings (SSSR count). The number of aliphatic hydroxyl groups excluding tert-OH is 1. The topological polar surface area (TPSA) is 87.7 Å². The molecule has 0 fully saturated rings. The summed E-state index contributed by atoms with van der Waals surface area (Å²) < 4.78 is 5.26. The Labute approximate surface area is 178 Å². The summed E-state index contributed by atoms with van der Waals surface area (Å²) in [4.78, 5) is 24.7. The molecule has 0 aliphatic rings. The van der Waals surface area contributed by atoms with Crippen molar-refractivity contribution in [3.8, 4) is 11.1 Å². The highest BCUT2D eigenvalue weighted by molar-refractivity contribution is 5.85. The second kappa shape index (κ2) is 11.4. The lowest BCUT2D eigenvalue weighted by Gasteiger charge is -2.23. The molecule has 0 radical (unpaired) electrons. The van der Waals surface area contributed by atoms with Crippen molar-refractivity contribution >= 4 is 12.0 Å². The molecule has 0 aromatic heterocycles. The van der Waals surface area contributed by atoms with Gasteiger partial charge in [0.05, 0.1) is 0 Å². The van der Waals surface area contributed by atoms with Crippen LogP contribution < -0.4 is 10.6 Å². The van der Waals surface area contributed by atoms with Gasteiger partial charge in [0, 0.05) is 13.2 Å². The summed E-state index contributed by atoms with van der Waals surface area (Å²) in [5, 5.41) is 14.5. The molecule has 0 saturated heterocycles. The third kappa shape index (κ3) is 8.25. The van der Waals surface area contributed by atoms with Crippen LogP contribution in [0.1, 0.15) is 45.6 Å². The number of ether oxygens (including phenoxy) is 1. The van der Waals surface area contributed by atoms with Crippen LogP contribution in [0.5, 0.6) is 0 Å². The lowest BCUT2D eigenvalue weighted by atomic mass is 10.0. The largest absolute Gasteiger partial charge is 0.444 e. The zero-order valence-corrected chi connectivity index (χ0v) is 18.0. The molecule has 0 aliphatic carbocycles. The van der Waals surface area contributed by atoms with Crippen molar-refractivity contribution in [2.75, 3.05) is 6.61 Å². The number of alkyl carbamates (subject to hydrolysis) is 1. The van der Waals surface area contributed by atoms with Crippen LogP contribution in [0.25, 0.3) is 11.1 Å². The predicted octanol–water partition coefficient (Wildman–Crippen LogP) is 4.03. The van der Waals surface area contributed by atoms with E-state index in [0.717, 1.165) is 16.7 Å². The van der Waals surface area contributed by atoms with Gasteiger partial charge in [-0.15, -0.1) is 0 Å². The van der Waals surface area contributed by atoms with Crippen molar-refractivity contribution in [2.24, 2.45) is 0 Å². The number of unbranched alkanes of at least 4 members (excludes halogenated alkanes) is 1. The number of carbonyl (C=O) groups excluding carboxylic acids is 2. The fourth-order valence-electron chi connectivity index (χ4n) is 2.94. The SMILES string of the molecule is CC(C)(C)OC(=O)NC(CCCCO)C(=O)NCc1ccc(-c2ccccc2)cc1. The summed E-state index contributed by atoms with van der Waals surface area (Å²) in [6, 6.07) is 17.4. The zero-order chi connectivity index (χ0) is 22.0. The van der Waals surface area contributed by atoms with Gasteiger partial charge in [0.2, 0.25) is 5.91 Å². The van der Waals surface area contributed by atoms with E-state index in [-0.39, 0.29) is 12.5 Å². The summed E-state index contributed by atoms with van der Waals surface area (Å²) in [6.45, 7) is 5.72. The van der Waals surface area contributed by atoms with Crippen LogP contribution in [0.3, 0.4) is 0 Å². The van der Waals surface area contributed by atoms with E-state index in [0.29, 0.717) is 25.8 Å². The zero-order valence-electron chi connectivity index (χ0n) is 18.0. The van der Waals surface area contributed by atoms with E-state index in [2.05, 4.69) is 22.8 Å². The lowest BCUT2D eigenvalue weighted by Crippen LogP contribution is -2.48. The van der Waals surface area contributed by atoms with Gasteiger partial charge < -0.3 is 20.5 Å². The Hall–Kier alpha value is -2.86. The summed E-state index contributed by atoms with van der Waals surface area (Å²) in [5.74, 6) is -0.272. The molecule has 0 saturated carbocycles. The van der Waals surface area contributed by atoms with Crippen LogP contribution in [0.4, 0.5) is 4.79 Å². The van der Waals surface area contributed by atoms with Crippen LogP contribution in [0, 0.1) is 0 Å². The molecular formula is C24H32N2O4. The van der Waals surface area contributed by atoms with Gasteiger partial charge in [-0.25, -0.2) is 4.79 Å². The summed E-state index contributed by atoms with van der Waals surface area (Å²) in [6.07, 6.45) is 0.994. The van der Waals surface area contributed by atoms with Crippen LogP contribution in [0.15, 0.2) is 54.6 Å². The van der Waals surface area contributed by atoms with E-state index < -0.39 is 17.7 Å². The summed E-state index contributed by atoms with van der Waals surface area (Å²) >= 11 is 0. The second-order valence-electron chi connectivity index (χ2n) is 8.20. The Morgan fingerprint density at radius 2 is 1.60 bits per heavy atom.